The second-order valence-corrected chi connectivity index (χ2v) is 4.73. The van der Waals surface area contributed by atoms with Gasteiger partial charge in [0.1, 0.15) is 12.1 Å². The molecule has 0 saturated carbocycles. The quantitative estimate of drug-likeness (QED) is 0.917. The van der Waals surface area contributed by atoms with Crippen LogP contribution in [0.3, 0.4) is 0 Å². The highest BCUT2D eigenvalue weighted by Crippen LogP contribution is 2.25. The molecule has 2 aromatic rings. The topological polar surface area (TPSA) is 42.7 Å². The van der Waals surface area contributed by atoms with Gasteiger partial charge in [0.25, 0.3) is 0 Å². The predicted octanol–water partition coefficient (Wildman–Crippen LogP) is 2.85. The molecular weight excluding hydrogens is 267 g/mol. The first-order chi connectivity index (χ1) is 9.11. The van der Waals surface area contributed by atoms with E-state index in [1.54, 1.807) is 29.2 Å². The van der Waals surface area contributed by atoms with Crippen molar-refractivity contribution in [3.63, 3.8) is 0 Å². The van der Waals surface area contributed by atoms with E-state index in [-0.39, 0.29) is 16.9 Å². The van der Waals surface area contributed by atoms with Crippen LogP contribution in [-0.2, 0) is 13.6 Å². The Balaban J connectivity index is 2.09. The molecule has 102 valence electrons. The lowest BCUT2D eigenvalue weighted by Crippen LogP contribution is -2.22. The standard InChI is InChI=1S/C13H16ClFN4/c1-3-11(9-5-4-6-10(14)13(9)15)16-7-12-17-8-19(2)18-12/h4-6,8,11,16H,3,7H2,1-2H3/t11-/m1/s1. The molecule has 19 heavy (non-hydrogen) atoms. The zero-order valence-corrected chi connectivity index (χ0v) is 11.7. The van der Waals surface area contributed by atoms with Crippen molar-refractivity contribution in [2.75, 3.05) is 0 Å². The Kier molecular flexibility index (Phi) is 4.50. The van der Waals surface area contributed by atoms with E-state index in [1.807, 2.05) is 14.0 Å². The summed E-state index contributed by atoms with van der Waals surface area (Å²) in [7, 11) is 1.81. The molecule has 1 N–H and O–H groups in total. The van der Waals surface area contributed by atoms with Gasteiger partial charge in [0, 0.05) is 18.7 Å². The summed E-state index contributed by atoms with van der Waals surface area (Å²) in [5, 5.41) is 7.57. The lowest BCUT2D eigenvalue weighted by atomic mass is 10.0. The average molecular weight is 283 g/mol. The lowest BCUT2D eigenvalue weighted by molar-refractivity contribution is 0.480. The van der Waals surface area contributed by atoms with Crippen LogP contribution in [0.15, 0.2) is 24.5 Å². The average Bonchev–Trinajstić information content (AvgIpc) is 2.81. The van der Waals surface area contributed by atoms with Gasteiger partial charge in [0.15, 0.2) is 5.82 Å². The second kappa shape index (κ2) is 6.12. The van der Waals surface area contributed by atoms with Crippen molar-refractivity contribution >= 4 is 11.6 Å². The smallest absolute Gasteiger partial charge is 0.164 e. The van der Waals surface area contributed by atoms with E-state index < -0.39 is 0 Å². The Morgan fingerprint density at radius 1 is 1.47 bits per heavy atom. The summed E-state index contributed by atoms with van der Waals surface area (Å²) in [5.41, 5.74) is 0.575. The molecular formula is C13H16ClFN4. The summed E-state index contributed by atoms with van der Waals surface area (Å²) in [4.78, 5) is 4.13. The highest BCUT2D eigenvalue weighted by atomic mass is 35.5. The van der Waals surface area contributed by atoms with Crippen LogP contribution in [0.5, 0.6) is 0 Å². The summed E-state index contributed by atoms with van der Waals surface area (Å²) < 4.78 is 15.6. The van der Waals surface area contributed by atoms with Gasteiger partial charge >= 0.3 is 0 Å². The predicted molar refractivity (Wildman–Crippen MR) is 72.3 cm³/mol. The third kappa shape index (κ3) is 3.30. The summed E-state index contributed by atoms with van der Waals surface area (Å²) in [5.74, 6) is 0.320. The van der Waals surface area contributed by atoms with Gasteiger partial charge < -0.3 is 5.32 Å². The van der Waals surface area contributed by atoms with E-state index in [9.17, 15) is 4.39 Å². The van der Waals surface area contributed by atoms with Crippen molar-refractivity contribution < 1.29 is 4.39 Å². The number of aromatic nitrogens is 3. The molecule has 0 fully saturated rings. The fraction of sp³-hybridized carbons (Fsp3) is 0.385. The minimum atomic E-state index is -0.363. The van der Waals surface area contributed by atoms with Crippen LogP contribution in [-0.4, -0.2) is 14.8 Å². The number of benzene rings is 1. The SMILES string of the molecule is CC[C@@H](NCc1ncn(C)n1)c1cccc(Cl)c1F. The van der Waals surface area contributed by atoms with Gasteiger partial charge in [-0.2, -0.15) is 5.10 Å². The fourth-order valence-electron chi connectivity index (χ4n) is 1.94. The van der Waals surface area contributed by atoms with Crippen molar-refractivity contribution in [3.8, 4) is 0 Å². The highest BCUT2D eigenvalue weighted by molar-refractivity contribution is 6.30. The van der Waals surface area contributed by atoms with Gasteiger partial charge in [-0.1, -0.05) is 30.7 Å². The van der Waals surface area contributed by atoms with E-state index in [0.717, 1.165) is 6.42 Å². The van der Waals surface area contributed by atoms with E-state index >= 15 is 0 Å². The van der Waals surface area contributed by atoms with E-state index in [1.165, 1.54) is 0 Å². The lowest BCUT2D eigenvalue weighted by Gasteiger charge is -2.17. The number of nitrogens with one attached hydrogen (secondary N) is 1. The first-order valence-electron chi connectivity index (χ1n) is 6.13. The number of halogens is 2. The Hall–Kier alpha value is -1.46. The number of hydrogen-bond acceptors (Lipinski definition) is 3. The molecule has 2 rings (SSSR count). The van der Waals surface area contributed by atoms with Gasteiger partial charge in [-0.25, -0.2) is 9.37 Å². The van der Waals surface area contributed by atoms with Crippen LogP contribution in [0.1, 0.15) is 30.8 Å². The monoisotopic (exact) mass is 282 g/mol. The molecule has 0 bridgehead atoms. The van der Waals surface area contributed by atoms with Crippen molar-refractivity contribution in [2.45, 2.75) is 25.9 Å². The van der Waals surface area contributed by atoms with Crippen LogP contribution >= 0.6 is 11.6 Å². The Bertz CT molecular complexity index is 555. The zero-order valence-electron chi connectivity index (χ0n) is 10.9. The van der Waals surface area contributed by atoms with E-state index in [2.05, 4.69) is 15.4 Å². The van der Waals surface area contributed by atoms with E-state index in [0.29, 0.717) is 17.9 Å². The molecule has 0 radical (unpaired) electrons. The van der Waals surface area contributed by atoms with Crippen molar-refractivity contribution in [2.24, 2.45) is 7.05 Å². The van der Waals surface area contributed by atoms with Crippen LogP contribution in [0.2, 0.25) is 5.02 Å². The molecule has 0 aliphatic heterocycles. The minimum Gasteiger partial charge on any atom is -0.303 e. The van der Waals surface area contributed by atoms with Crippen LogP contribution < -0.4 is 5.32 Å². The number of nitrogens with zero attached hydrogens (tertiary/aromatic N) is 3. The Labute approximate surface area is 116 Å². The molecule has 1 aromatic carbocycles. The molecule has 0 spiro atoms. The fourth-order valence-corrected chi connectivity index (χ4v) is 2.13. The van der Waals surface area contributed by atoms with Gasteiger partial charge in [0.05, 0.1) is 11.6 Å². The minimum absolute atomic E-state index is 0.109. The van der Waals surface area contributed by atoms with Crippen LogP contribution in [0.25, 0.3) is 0 Å². The molecule has 0 amide bonds. The van der Waals surface area contributed by atoms with Gasteiger partial charge in [-0.15, -0.1) is 0 Å². The van der Waals surface area contributed by atoms with Crippen molar-refractivity contribution in [1.29, 1.82) is 0 Å². The molecule has 0 unspecified atom stereocenters. The summed E-state index contributed by atoms with van der Waals surface area (Å²) >= 11 is 5.80. The number of aryl methyl sites for hydroxylation is 1. The van der Waals surface area contributed by atoms with Gasteiger partial charge in [-0.3, -0.25) is 4.68 Å². The molecule has 6 heteroatoms. The zero-order chi connectivity index (χ0) is 13.8. The van der Waals surface area contributed by atoms with Crippen molar-refractivity contribution in [1.82, 2.24) is 20.1 Å². The molecule has 0 saturated heterocycles. The maximum Gasteiger partial charge on any atom is 0.164 e. The Morgan fingerprint density at radius 2 is 2.26 bits per heavy atom. The molecule has 1 aromatic heterocycles. The summed E-state index contributed by atoms with van der Waals surface area (Å²) in [6, 6.07) is 4.94. The number of hydrogen-bond donors (Lipinski definition) is 1. The van der Waals surface area contributed by atoms with Gasteiger partial charge in [0.2, 0.25) is 0 Å². The van der Waals surface area contributed by atoms with Gasteiger partial charge in [-0.05, 0) is 12.5 Å². The molecule has 1 atom stereocenters. The number of rotatable bonds is 5. The first-order valence-corrected chi connectivity index (χ1v) is 6.51. The van der Waals surface area contributed by atoms with E-state index in [4.69, 9.17) is 11.6 Å². The molecule has 4 nitrogen and oxygen atoms in total. The molecule has 1 heterocycles. The normalized spacial score (nSPS) is 12.6. The van der Waals surface area contributed by atoms with Crippen molar-refractivity contribution in [3.05, 3.63) is 46.8 Å². The molecule has 0 aliphatic carbocycles. The van der Waals surface area contributed by atoms with Crippen LogP contribution in [0, 0.1) is 5.82 Å². The largest absolute Gasteiger partial charge is 0.303 e. The highest BCUT2D eigenvalue weighted by Gasteiger charge is 2.16. The Morgan fingerprint density at radius 3 is 2.89 bits per heavy atom. The molecule has 0 aliphatic rings. The summed E-state index contributed by atoms with van der Waals surface area (Å²) in [6.45, 7) is 2.48. The maximum atomic E-state index is 14.0. The van der Waals surface area contributed by atoms with Crippen LogP contribution in [0.4, 0.5) is 4.39 Å². The second-order valence-electron chi connectivity index (χ2n) is 4.32. The maximum absolute atomic E-state index is 14.0. The summed E-state index contributed by atoms with van der Waals surface area (Å²) in [6.07, 6.45) is 2.39. The first kappa shape index (κ1) is 14.0. The third-order valence-electron chi connectivity index (χ3n) is 2.92. The third-order valence-corrected chi connectivity index (χ3v) is 3.21.